The van der Waals surface area contributed by atoms with E-state index >= 15 is 0 Å². The Morgan fingerprint density at radius 3 is 2.59 bits per heavy atom. The Bertz CT molecular complexity index is 1250. The van der Waals surface area contributed by atoms with Crippen LogP contribution in [0.5, 0.6) is 5.75 Å². The van der Waals surface area contributed by atoms with E-state index in [1.165, 1.54) is 6.07 Å². The van der Waals surface area contributed by atoms with Gasteiger partial charge in [-0.15, -0.1) is 0 Å². The van der Waals surface area contributed by atoms with Gasteiger partial charge in [0.15, 0.2) is 16.6 Å². The van der Waals surface area contributed by atoms with E-state index in [2.05, 4.69) is 6.92 Å². The summed E-state index contributed by atoms with van der Waals surface area (Å²) < 4.78 is 17.8. The van der Waals surface area contributed by atoms with Crippen LogP contribution < -0.4 is 15.8 Å². The lowest BCUT2D eigenvalue weighted by molar-refractivity contribution is 0.234. The Morgan fingerprint density at radius 2 is 1.86 bits per heavy atom. The molecular formula is C23H23ClO5. The van der Waals surface area contributed by atoms with Crippen molar-refractivity contribution in [1.82, 2.24) is 0 Å². The van der Waals surface area contributed by atoms with Gasteiger partial charge in [0.2, 0.25) is 0 Å². The van der Waals surface area contributed by atoms with Crippen molar-refractivity contribution < 1.29 is 13.6 Å². The van der Waals surface area contributed by atoms with E-state index in [-0.39, 0.29) is 27.5 Å². The summed E-state index contributed by atoms with van der Waals surface area (Å²) in [6.07, 6.45) is 8.16. The minimum absolute atomic E-state index is 0.0423. The van der Waals surface area contributed by atoms with Gasteiger partial charge in [-0.1, -0.05) is 38.3 Å². The van der Waals surface area contributed by atoms with Crippen molar-refractivity contribution in [2.45, 2.75) is 59.0 Å². The van der Waals surface area contributed by atoms with Gasteiger partial charge in [-0.25, -0.2) is 4.79 Å². The highest BCUT2D eigenvalue weighted by molar-refractivity contribution is 6.32. The molecule has 1 atom stereocenters. The predicted molar refractivity (Wildman–Crippen MR) is 115 cm³/mol. The molecule has 0 fully saturated rings. The average molecular weight is 415 g/mol. The third kappa shape index (κ3) is 3.27. The zero-order valence-electron chi connectivity index (χ0n) is 16.8. The van der Waals surface area contributed by atoms with Gasteiger partial charge >= 0.3 is 5.63 Å². The summed E-state index contributed by atoms with van der Waals surface area (Å²) in [6.45, 7) is 5.86. The molecule has 0 spiro atoms. The van der Waals surface area contributed by atoms with Gasteiger partial charge in [0.25, 0.3) is 0 Å². The Kier molecular flexibility index (Phi) is 5.26. The molecule has 0 saturated carbocycles. The second kappa shape index (κ2) is 7.71. The quantitative estimate of drug-likeness (QED) is 0.391. The lowest BCUT2D eigenvalue weighted by Crippen LogP contribution is -2.19. The smallest absolute Gasteiger partial charge is 0.355 e. The monoisotopic (exact) mass is 414 g/mol. The number of unbranched alkanes of at least 4 members (excludes halogenated alkanes) is 1. The number of rotatable bonds is 5. The van der Waals surface area contributed by atoms with Gasteiger partial charge in [-0.05, 0) is 43.9 Å². The fourth-order valence-electron chi connectivity index (χ4n) is 3.94. The first-order chi connectivity index (χ1) is 14.0. The molecule has 0 N–H and O–H groups in total. The maximum atomic E-state index is 12.9. The van der Waals surface area contributed by atoms with Gasteiger partial charge in [-0.3, -0.25) is 4.79 Å². The van der Waals surface area contributed by atoms with Crippen LogP contribution in [0.1, 0.15) is 56.4 Å². The van der Waals surface area contributed by atoms with Crippen LogP contribution in [0.25, 0.3) is 28.0 Å². The SMILES string of the molecule is CCCCC1C=Cc2c(c3c(CCC)c(Cl)c(=O)oc3c3c(=O)cc(C)oc23)O1. The maximum Gasteiger partial charge on any atom is 0.355 e. The fourth-order valence-corrected chi connectivity index (χ4v) is 4.17. The molecule has 5 nitrogen and oxygen atoms in total. The Balaban J connectivity index is 2.17. The minimum Gasteiger partial charge on any atom is -0.485 e. The number of halogens is 1. The van der Waals surface area contributed by atoms with Crippen LogP contribution >= 0.6 is 11.6 Å². The van der Waals surface area contributed by atoms with Crippen LogP contribution in [0.15, 0.2) is 30.6 Å². The molecule has 152 valence electrons. The summed E-state index contributed by atoms with van der Waals surface area (Å²) >= 11 is 6.35. The summed E-state index contributed by atoms with van der Waals surface area (Å²) in [5, 5.41) is 0.886. The van der Waals surface area contributed by atoms with Crippen molar-refractivity contribution in [2.24, 2.45) is 0 Å². The van der Waals surface area contributed by atoms with Crippen molar-refractivity contribution in [3.63, 3.8) is 0 Å². The number of benzene rings is 1. The molecular weight excluding hydrogens is 392 g/mol. The minimum atomic E-state index is -0.655. The summed E-state index contributed by atoms with van der Waals surface area (Å²) in [5.74, 6) is 1.05. The van der Waals surface area contributed by atoms with Gasteiger partial charge < -0.3 is 13.6 Å². The first-order valence-electron chi connectivity index (χ1n) is 10.1. The van der Waals surface area contributed by atoms with E-state index in [1.54, 1.807) is 6.92 Å². The molecule has 1 aliphatic rings. The molecule has 0 aliphatic carbocycles. The lowest BCUT2D eigenvalue weighted by atomic mass is 9.96. The normalized spacial score (nSPS) is 15.7. The highest BCUT2D eigenvalue weighted by Crippen LogP contribution is 2.43. The highest BCUT2D eigenvalue weighted by atomic mass is 35.5. The molecule has 1 unspecified atom stereocenters. The topological polar surface area (TPSA) is 69.7 Å². The first-order valence-corrected chi connectivity index (χ1v) is 10.4. The van der Waals surface area contributed by atoms with Gasteiger partial charge in [-0.2, -0.15) is 0 Å². The summed E-state index contributed by atoms with van der Waals surface area (Å²) in [5.41, 5.74) is 0.987. The summed E-state index contributed by atoms with van der Waals surface area (Å²) in [7, 11) is 0. The zero-order chi connectivity index (χ0) is 20.7. The third-order valence-electron chi connectivity index (χ3n) is 5.27. The molecule has 2 aromatic heterocycles. The Hall–Kier alpha value is -2.53. The number of ether oxygens (including phenoxy) is 1. The van der Waals surface area contributed by atoms with Gasteiger partial charge in [0.1, 0.15) is 28.0 Å². The van der Waals surface area contributed by atoms with Crippen molar-refractivity contribution >= 4 is 39.6 Å². The zero-order valence-corrected chi connectivity index (χ0v) is 17.5. The second-order valence-electron chi connectivity index (χ2n) is 7.46. The standard InChI is InChI=1S/C23H23ClO5/c1-4-6-8-13-9-10-15-20(28-13)17-14(7-5-2)19(24)23(26)29-22(17)18-16(25)11-12(3)27-21(15)18/h9-11,13H,4-8H2,1-3H3. The van der Waals surface area contributed by atoms with E-state index in [0.717, 1.165) is 25.7 Å². The number of hydrogen-bond acceptors (Lipinski definition) is 5. The first kappa shape index (κ1) is 19.8. The molecule has 0 radical (unpaired) electrons. The van der Waals surface area contributed by atoms with E-state index in [1.807, 2.05) is 19.1 Å². The van der Waals surface area contributed by atoms with Crippen LogP contribution in [-0.4, -0.2) is 6.10 Å². The summed E-state index contributed by atoms with van der Waals surface area (Å²) in [6, 6.07) is 1.40. The summed E-state index contributed by atoms with van der Waals surface area (Å²) in [4.78, 5) is 25.3. The van der Waals surface area contributed by atoms with E-state index < -0.39 is 5.63 Å². The molecule has 1 aliphatic heterocycles. The number of aryl methyl sites for hydroxylation is 2. The van der Waals surface area contributed by atoms with E-state index in [4.69, 9.17) is 25.2 Å². The van der Waals surface area contributed by atoms with Crippen molar-refractivity contribution in [3.05, 3.63) is 54.7 Å². The molecule has 0 bridgehead atoms. The molecule has 29 heavy (non-hydrogen) atoms. The van der Waals surface area contributed by atoms with Crippen LogP contribution in [0.3, 0.4) is 0 Å². The highest BCUT2D eigenvalue weighted by Gasteiger charge is 2.28. The fraction of sp³-hybridized carbons (Fsp3) is 0.391. The second-order valence-corrected chi connectivity index (χ2v) is 7.84. The van der Waals surface area contributed by atoms with E-state index in [9.17, 15) is 9.59 Å². The van der Waals surface area contributed by atoms with Crippen molar-refractivity contribution in [2.75, 3.05) is 0 Å². The van der Waals surface area contributed by atoms with Crippen LogP contribution in [0.4, 0.5) is 0 Å². The van der Waals surface area contributed by atoms with Gasteiger partial charge in [0, 0.05) is 6.07 Å². The van der Waals surface area contributed by atoms with Crippen LogP contribution in [0.2, 0.25) is 5.02 Å². The third-order valence-corrected chi connectivity index (χ3v) is 5.65. The largest absolute Gasteiger partial charge is 0.485 e. The van der Waals surface area contributed by atoms with Crippen LogP contribution in [0, 0.1) is 6.92 Å². The molecule has 1 aromatic carbocycles. The molecule has 4 rings (SSSR count). The molecule has 6 heteroatoms. The maximum absolute atomic E-state index is 12.9. The molecule has 0 amide bonds. The predicted octanol–water partition coefficient (Wildman–Crippen LogP) is 5.78. The van der Waals surface area contributed by atoms with E-state index in [0.29, 0.717) is 40.0 Å². The van der Waals surface area contributed by atoms with Crippen molar-refractivity contribution in [3.8, 4) is 5.75 Å². The van der Waals surface area contributed by atoms with Gasteiger partial charge in [0.05, 0.1) is 10.9 Å². The Morgan fingerprint density at radius 1 is 1.07 bits per heavy atom. The molecule has 3 aromatic rings. The number of hydrogen-bond donors (Lipinski definition) is 0. The number of fused-ring (bicyclic) bond motifs is 6. The average Bonchev–Trinajstić information content (AvgIpc) is 2.69. The Labute approximate surface area is 172 Å². The molecule has 0 saturated heterocycles. The van der Waals surface area contributed by atoms with Crippen LogP contribution in [-0.2, 0) is 6.42 Å². The molecule has 3 heterocycles. The lowest BCUT2D eigenvalue weighted by Gasteiger charge is -2.24. The van der Waals surface area contributed by atoms with Crippen molar-refractivity contribution in [1.29, 1.82) is 0 Å².